The van der Waals surface area contributed by atoms with Gasteiger partial charge in [-0.3, -0.25) is 4.79 Å². The van der Waals surface area contributed by atoms with Gasteiger partial charge >= 0.3 is 0 Å². The molecule has 0 aliphatic rings. The van der Waals surface area contributed by atoms with Gasteiger partial charge in [0.1, 0.15) is 6.29 Å². The molecule has 0 aromatic rings. The molecule has 0 unspecified atom stereocenters. The van der Waals surface area contributed by atoms with Crippen LogP contribution < -0.4 is 0 Å². The van der Waals surface area contributed by atoms with E-state index in [0.717, 1.165) is 12.7 Å². The summed E-state index contributed by atoms with van der Waals surface area (Å²) in [4.78, 5) is 10.2. The highest BCUT2D eigenvalue weighted by molar-refractivity contribution is 5.66. The van der Waals surface area contributed by atoms with Gasteiger partial charge in [-0.2, -0.15) is 0 Å². The normalized spacial score (nSPS) is 12.7. The van der Waals surface area contributed by atoms with E-state index in [1.807, 2.05) is 0 Å². The van der Waals surface area contributed by atoms with Crippen molar-refractivity contribution in [2.45, 2.75) is 34.1 Å². The number of aldehydes is 1. The summed E-state index contributed by atoms with van der Waals surface area (Å²) < 4.78 is 0. The summed E-state index contributed by atoms with van der Waals surface area (Å²) in [6.45, 7) is 8.58. The Labute approximate surface area is 69.5 Å². The minimum Gasteiger partial charge on any atom is -0.299 e. The van der Waals surface area contributed by atoms with E-state index in [9.17, 15) is 4.79 Å². The van der Waals surface area contributed by atoms with Gasteiger partial charge in [0.2, 0.25) is 0 Å². The van der Waals surface area contributed by atoms with Crippen molar-refractivity contribution in [1.82, 2.24) is 0 Å². The second kappa shape index (κ2) is 5.11. The van der Waals surface area contributed by atoms with Crippen molar-refractivity contribution >= 4 is 6.29 Å². The van der Waals surface area contributed by atoms with E-state index >= 15 is 0 Å². The van der Waals surface area contributed by atoms with Gasteiger partial charge in [0.25, 0.3) is 0 Å². The molecule has 0 aliphatic heterocycles. The number of allylic oxidation sites excluding steroid dienone is 2. The predicted molar refractivity (Wildman–Crippen MR) is 48.4 cm³/mol. The van der Waals surface area contributed by atoms with Gasteiger partial charge in [0.15, 0.2) is 0 Å². The Morgan fingerprint density at radius 1 is 1.27 bits per heavy atom. The maximum absolute atomic E-state index is 10.2. The maximum Gasteiger partial charge on any atom is 0.142 e. The molecule has 0 aromatic heterocycles. The van der Waals surface area contributed by atoms with Crippen LogP contribution >= 0.6 is 0 Å². The first-order chi connectivity index (χ1) is 5.07. The molecule has 0 aliphatic carbocycles. The molecule has 0 amide bonds. The van der Waals surface area contributed by atoms with Gasteiger partial charge in [-0.05, 0) is 24.3 Å². The van der Waals surface area contributed by atoms with Crippen molar-refractivity contribution in [3.8, 4) is 0 Å². The fourth-order valence-corrected chi connectivity index (χ4v) is 1.05. The van der Waals surface area contributed by atoms with Gasteiger partial charge in [-0.1, -0.05) is 33.3 Å². The molecule has 0 bridgehead atoms. The zero-order valence-corrected chi connectivity index (χ0v) is 7.92. The van der Waals surface area contributed by atoms with E-state index in [1.165, 1.54) is 5.57 Å². The quantitative estimate of drug-likeness (QED) is 0.449. The average Bonchev–Trinajstić information content (AvgIpc) is 1.86. The average molecular weight is 154 g/mol. The standard InChI is InChI=1S/C10H18O/c1-8(2)7-10(5-6-11)9(3)4/h5-6,8-9H,7H2,1-4H3. The molecule has 0 fully saturated rings. The van der Waals surface area contributed by atoms with Gasteiger partial charge in [0.05, 0.1) is 0 Å². The summed E-state index contributed by atoms with van der Waals surface area (Å²) in [6.07, 6.45) is 3.62. The van der Waals surface area contributed by atoms with Crippen LogP contribution in [0.25, 0.3) is 0 Å². The molecule has 64 valence electrons. The lowest BCUT2D eigenvalue weighted by Gasteiger charge is -2.12. The fraction of sp³-hybridized carbons (Fsp3) is 0.700. The molecule has 1 nitrogen and oxygen atoms in total. The molecular formula is C10H18O. The van der Waals surface area contributed by atoms with Gasteiger partial charge in [0, 0.05) is 0 Å². The van der Waals surface area contributed by atoms with E-state index in [2.05, 4.69) is 27.7 Å². The Balaban J connectivity index is 4.11. The third kappa shape index (κ3) is 4.77. The summed E-state index contributed by atoms with van der Waals surface area (Å²) in [5.74, 6) is 1.14. The lowest BCUT2D eigenvalue weighted by Crippen LogP contribution is -1.99. The molecule has 0 atom stereocenters. The third-order valence-electron chi connectivity index (χ3n) is 1.67. The maximum atomic E-state index is 10.2. The van der Waals surface area contributed by atoms with Gasteiger partial charge in [-0.25, -0.2) is 0 Å². The zero-order chi connectivity index (χ0) is 8.85. The lowest BCUT2D eigenvalue weighted by atomic mass is 9.94. The van der Waals surface area contributed by atoms with Crippen molar-refractivity contribution in [2.24, 2.45) is 11.8 Å². The van der Waals surface area contributed by atoms with E-state index in [1.54, 1.807) is 6.08 Å². The van der Waals surface area contributed by atoms with Crippen LogP contribution in [0.4, 0.5) is 0 Å². The summed E-state index contributed by atoms with van der Waals surface area (Å²) in [7, 11) is 0. The van der Waals surface area contributed by atoms with Crippen LogP contribution in [0.3, 0.4) is 0 Å². The number of carbonyl (C=O) groups is 1. The molecule has 0 rings (SSSR count). The van der Waals surface area contributed by atoms with Gasteiger partial charge < -0.3 is 0 Å². The molecule has 0 saturated carbocycles. The van der Waals surface area contributed by atoms with E-state index < -0.39 is 0 Å². The summed E-state index contributed by atoms with van der Waals surface area (Å²) in [6, 6.07) is 0. The van der Waals surface area contributed by atoms with E-state index in [4.69, 9.17) is 0 Å². The lowest BCUT2D eigenvalue weighted by molar-refractivity contribution is -0.104. The van der Waals surface area contributed by atoms with Crippen LogP contribution in [-0.2, 0) is 4.79 Å². The number of rotatable bonds is 4. The van der Waals surface area contributed by atoms with Crippen molar-refractivity contribution < 1.29 is 4.79 Å². The molecule has 0 saturated heterocycles. The minimum absolute atomic E-state index is 0.502. The minimum atomic E-state index is 0.502. The smallest absolute Gasteiger partial charge is 0.142 e. The molecule has 0 spiro atoms. The Bertz CT molecular complexity index is 143. The third-order valence-corrected chi connectivity index (χ3v) is 1.67. The molecular weight excluding hydrogens is 136 g/mol. The van der Waals surface area contributed by atoms with Gasteiger partial charge in [-0.15, -0.1) is 0 Å². The number of carbonyl (C=O) groups excluding carboxylic acids is 1. The molecule has 1 heteroatoms. The molecule has 11 heavy (non-hydrogen) atoms. The van der Waals surface area contributed by atoms with Crippen molar-refractivity contribution in [2.75, 3.05) is 0 Å². The van der Waals surface area contributed by atoms with E-state index in [-0.39, 0.29) is 0 Å². The molecule has 0 heterocycles. The first-order valence-electron chi connectivity index (χ1n) is 4.22. The fourth-order valence-electron chi connectivity index (χ4n) is 1.05. The first kappa shape index (κ1) is 10.4. The second-order valence-corrected chi connectivity index (χ2v) is 3.63. The Hall–Kier alpha value is -0.590. The molecule has 0 N–H and O–H groups in total. The number of hydrogen-bond donors (Lipinski definition) is 0. The number of hydrogen-bond acceptors (Lipinski definition) is 1. The monoisotopic (exact) mass is 154 g/mol. The molecule has 0 aromatic carbocycles. The van der Waals surface area contributed by atoms with Crippen molar-refractivity contribution in [3.05, 3.63) is 11.6 Å². The van der Waals surface area contributed by atoms with E-state index in [0.29, 0.717) is 11.8 Å². The van der Waals surface area contributed by atoms with Crippen LogP contribution in [0.5, 0.6) is 0 Å². The topological polar surface area (TPSA) is 17.1 Å². The largest absolute Gasteiger partial charge is 0.299 e. The van der Waals surface area contributed by atoms with Crippen LogP contribution in [0.1, 0.15) is 34.1 Å². The van der Waals surface area contributed by atoms with Crippen LogP contribution in [-0.4, -0.2) is 6.29 Å². The van der Waals surface area contributed by atoms with Crippen molar-refractivity contribution in [3.63, 3.8) is 0 Å². The molecule has 0 radical (unpaired) electrons. The summed E-state index contributed by atoms with van der Waals surface area (Å²) in [5, 5.41) is 0. The highest BCUT2D eigenvalue weighted by atomic mass is 16.1. The van der Waals surface area contributed by atoms with Crippen LogP contribution in [0.2, 0.25) is 0 Å². The zero-order valence-electron chi connectivity index (χ0n) is 7.92. The highest BCUT2D eigenvalue weighted by Crippen LogP contribution is 2.17. The Morgan fingerprint density at radius 3 is 2.09 bits per heavy atom. The highest BCUT2D eigenvalue weighted by Gasteiger charge is 2.04. The summed E-state index contributed by atoms with van der Waals surface area (Å²) >= 11 is 0. The van der Waals surface area contributed by atoms with Crippen LogP contribution in [0, 0.1) is 11.8 Å². The van der Waals surface area contributed by atoms with Crippen LogP contribution in [0.15, 0.2) is 11.6 Å². The predicted octanol–water partition coefficient (Wildman–Crippen LogP) is 2.81. The first-order valence-corrected chi connectivity index (χ1v) is 4.22. The van der Waals surface area contributed by atoms with Crippen molar-refractivity contribution in [1.29, 1.82) is 0 Å². The Kier molecular flexibility index (Phi) is 4.84. The summed E-state index contributed by atoms with van der Waals surface area (Å²) in [5.41, 5.74) is 1.26. The Morgan fingerprint density at radius 2 is 1.82 bits per heavy atom. The second-order valence-electron chi connectivity index (χ2n) is 3.63. The SMILES string of the molecule is CC(C)CC(=CC=O)C(C)C.